The fourth-order valence-corrected chi connectivity index (χ4v) is 3.33. The number of halogens is 1. The molecule has 3 aromatic carbocycles. The highest BCUT2D eigenvalue weighted by Gasteiger charge is 2.41. The van der Waals surface area contributed by atoms with Crippen molar-refractivity contribution in [2.75, 3.05) is 14.2 Å². The van der Waals surface area contributed by atoms with Crippen molar-refractivity contribution in [1.29, 1.82) is 0 Å². The largest absolute Gasteiger partial charge is 0.497 e. The van der Waals surface area contributed by atoms with E-state index in [-0.39, 0.29) is 0 Å². The van der Waals surface area contributed by atoms with Gasteiger partial charge in [-0.15, -0.1) is 0 Å². The van der Waals surface area contributed by atoms with Gasteiger partial charge in [-0.1, -0.05) is 54.1 Å². The van der Waals surface area contributed by atoms with Gasteiger partial charge in [0, 0.05) is 10.6 Å². The number of hydrogen-bond acceptors (Lipinski definition) is 4. The van der Waals surface area contributed by atoms with Crippen LogP contribution in [0.15, 0.2) is 72.8 Å². The second-order valence-electron chi connectivity index (χ2n) is 6.15. The lowest BCUT2D eigenvalue weighted by atomic mass is 9.79. The van der Waals surface area contributed by atoms with Crippen LogP contribution in [0.5, 0.6) is 11.5 Å². The third-order valence-corrected chi connectivity index (χ3v) is 5.00. The Morgan fingerprint density at radius 3 is 1.63 bits per heavy atom. The monoisotopic (exact) mass is 384 g/mol. The van der Waals surface area contributed by atoms with Crippen LogP contribution < -0.4 is 9.47 Å². The summed E-state index contributed by atoms with van der Waals surface area (Å²) in [6, 6.07) is 20.8. The summed E-state index contributed by atoms with van der Waals surface area (Å²) >= 11 is 6.28. The van der Waals surface area contributed by atoms with Crippen molar-refractivity contribution in [3.8, 4) is 11.5 Å². The third kappa shape index (κ3) is 3.65. The molecule has 0 unspecified atom stereocenters. The van der Waals surface area contributed by atoms with E-state index in [0.29, 0.717) is 33.2 Å². The Hall–Kier alpha value is -2.53. The molecular weight excluding hydrogens is 364 g/mol. The molecule has 3 aromatic rings. The second-order valence-corrected chi connectivity index (χ2v) is 6.55. The van der Waals surface area contributed by atoms with Gasteiger partial charge in [-0.3, -0.25) is 0 Å². The van der Waals surface area contributed by atoms with Gasteiger partial charge in [-0.25, -0.2) is 0 Å². The molecule has 0 heterocycles. The highest BCUT2D eigenvalue weighted by Crippen LogP contribution is 2.43. The molecule has 4 nitrogen and oxygen atoms in total. The minimum atomic E-state index is -1.72. The molecule has 0 aliphatic rings. The molecule has 0 amide bonds. The number of ether oxygens (including phenoxy) is 2. The Labute approximate surface area is 163 Å². The van der Waals surface area contributed by atoms with Gasteiger partial charge in [-0.05, 0) is 41.5 Å². The van der Waals surface area contributed by atoms with Crippen LogP contribution >= 0.6 is 11.6 Å². The van der Waals surface area contributed by atoms with E-state index in [4.69, 9.17) is 21.1 Å². The van der Waals surface area contributed by atoms with Crippen LogP contribution in [0.25, 0.3) is 0 Å². The Kier molecular flexibility index (Phi) is 5.71. The van der Waals surface area contributed by atoms with Gasteiger partial charge in [0.25, 0.3) is 0 Å². The van der Waals surface area contributed by atoms with Crippen LogP contribution in [0.3, 0.4) is 0 Å². The molecule has 0 spiro atoms. The number of methoxy groups -OCH3 is 2. The summed E-state index contributed by atoms with van der Waals surface area (Å²) in [5.41, 5.74) is -0.251. The van der Waals surface area contributed by atoms with Gasteiger partial charge in [0.2, 0.25) is 0 Å². The molecule has 0 saturated heterocycles. The van der Waals surface area contributed by atoms with Gasteiger partial charge in [0.1, 0.15) is 23.2 Å². The molecule has 5 heteroatoms. The predicted molar refractivity (Wildman–Crippen MR) is 105 cm³/mol. The van der Waals surface area contributed by atoms with Crippen LogP contribution in [0, 0.1) is 0 Å². The van der Waals surface area contributed by atoms with Crippen LogP contribution in [-0.2, 0) is 5.60 Å². The van der Waals surface area contributed by atoms with E-state index >= 15 is 0 Å². The van der Waals surface area contributed by atoms with Crippen molar-refractivity contribution in [2.45, 2.75) is 11.7 Å². The first-order valence-corrected chi connectivity index (χ1v) is 8.82. The first-order chi connectivity index (χ1) is 13.0. The third-order valence-electron chi connectivity index (χ3n) is 4.66. The number of aliphatic hydroxyl groups is 2. The van der Waals surface area contributed by atoms with E-state index in [1.165, 1.54) is 0 Å². The van der Waals surface area contributed by atoms with Crippen molar-refractivity contribution in [3.63, 3.8) is 0 Å². The first kappa shape index (κ1) is 19.2. The lowest BCUT2D eigenvalue weighted by Gasteiger charge is -2.35. The van der Waals surface area contributed by atoms with E-state index in [1.54, 1.807) is 87.0 Å². The van der Waals surface area contributed by atoms with Crippen LogP contribution in [0.4, 0.5) is 0 Å². The quantitative estimate of drug-likeness (QED) is 0.664. The zero-order valence-electron chi connectivity index (χ0n) is 15.1. The molecule has 0 saturated carbocycles. The maximum atomic E-state index is 11.7. The van der Waals surface area contributed by atoms with Crippen LogP contribution in [0.1, 0.15) is 22.8 Å². The number of rotatable bonds is 6. The maximum absolute atomic E-state index is 11.7. The van der Waals surface area contributed by atoms with Crippen molar-refractivity contribution >= 4 is 11.6 Å². The van der Waals surface area contributed by atoms with Gasteiger partial charge in [0.15, 0.2) is 0 Å². The van der Waals surface area contributed by atoms with E-state index in [1.807, 2.05) is 0 Å². The molecule has 0 radical (unpaired) electrons. The standard InChI is InChI=1S/C22H21ClO4/c1-26-17-11-7-15(8-12-17)22(25,16-9-13-18(27-2)14-10-16)21(24)19-5-3-4-6-20(19)23/h3-14,21,24-25H,1-2H3/t21-/m1/s1. The summed E-state index contributed by atoms with van der Waals surface area (Å²) in [6.45, 7) is 0. The number of aliphatic hydroxyl groups excluding tert-OH is 1. The smallest absolute Gasteiger partial charge is 0.145 e. The molecule has 0 bridgehead atoms. The molecule has 0 aromatic heterocycles. The minimum Gasteiger partial charge on any atom is -0.497 e. The lowest BCUT2D eigenvalue weighted by molar-refractivity contribution is -0.0517. The van der Waals surface area contributed by atoms with Gasteiger partial charge in [-0.2, -0.15) is 0 Å². The molecule has 2 N–H and O–H groups in total. The Bertz CT molecular complexity index is 843. The van der Waals surface area contributed by atoms with Crippen LogP contribution in [-0.4, -0.2) is 24.4 Å². The van der Waals surface area contributed by atoms with Gasteiger partial charge >= 0.3 is 0 Å². The fourth-order valence-electron chi connectivity index (χ4n) is 3.09. The Balaban J connectivity index is 2.16. The molecule has 1 atom stereocenters. The molecule has 0 fully saturated rings. The van der Waals surface area contributed by atoms with E-state index in [2.05, 4.69) is 0 Å². The summed E-state index contributed by atoms with van der Waals surface area (Å²) in [6.07, 6.45) is -1.28. The summed E-state index contributed by atoms with van der Waals surface area (Å²) < 4.78 is 10.4. The fraction of sp³-hybridized carbons (Fsp3) is 0.182. The van der Waals surface area contributed by atoms with Gasteiger partial charge in [0.05, 0.1) is 14.2 Å². The maximum Gasteiger partial charge on any atom is 0.145 e. The highest BCUT2D eigenvalue weighted by molar-refractivity contribution is 6.31. The average molecular weight is 385 g/mol. The number of hydrogen-bond donors (Lipinski definition) is 2. The van der Waals surface area contributed by atoms with Crippen molar-refractivity contribution in [1.82, 2.24) is 0 Å². The topological polar surface area (TPSA) is 58.9 Å². The molecule has 0 aliphatic heterocycles. The Morgan fingerprint density at radius 1 is 0.778 bits per heavy atom. The Morgan fingerprint density at radius 2 is 1.22 bits per heavy atom. The van der Waals surface area contributed by atoms with Gasteiger partial charge < -0.3 is 19.7 Å². The normalized spacial score (nSPS) is 12.5. The van der Waals surface area contributed by atoms with E-state index in [0.717, 1.165) is 0 Å². The SMILES string of the molecule is COc1ccc(C(O)(c2ccc(OC)cc2)[C@H](O)c2ccccc2Cl)cc1. The zero-order valence-corrected chi connectivity index (χ0v) is 15.9. The van der Waals surface area contributed by atoms with Crippen molar-refractivity contribution < 1.29 is 19.7 Å². The first-order valence-electron chi connectivity index (χ1n) is 8.44. The molecular formula is C22H21ClO4. The highest BCUT2D eigenvalue weighted by atomic mass is 35.5. The minimum absolute atomic E-state index is 0.380. The molecule has 140 valence electrons. The molecule has 3 rings (SSSR count). The van der Waals surface area contributed by atoms with E-state index < -0.39 is 11.7 Å². The van der Waals surface area contributed by atoms with Crippen LogP contribution in [0.2, 0.25) is 5.02 Å². The second kappa shape index (κ2) is 8.01. The average Bonchev–Trinajstić information content (AvgIpc) is 2.73. The predicted octanol–water partition coefficient (Wildman–Crippen LogP) is 4.33. The zero-order chi connectivity index (χ0) is 19.4. The lowest BCUT2D eigenvalue weighted by Crippen LogP contribution is -2.35. The summed E-state index contributed by atoms with van der Waals surface area (Å²) in [5.74, 6) is 1.31. The number of benzene rings is 3. The summed E-state index contributed by atoms with van der Waals surface area (Å²) in [4.78, 5) is 0. The summed E-state index contributed by atoms with van der Waals surface area (Å²) in [5, 5.41) is 23.3. The van der Waals surface area contributed by atoms with E-state index in [9.17, 15) is 10.2 Å². The summed E-state index contributed by atoms with van der Waals surface area (Å²) in [7, 11) is 3.15. The molecule has 27 heavy (non-hydrogen) atoms. The van der Waals surface area contributed by atoms with Crippen molar-refractivity contribution in [2.24, 2.45) is 0 Å². The molecule has 0 aliphatic carbocycles. The van der Waals surface area contributed by atoms with Crippen molar-refractivity contribution in [3.05, 3.63) is 94.5 Å².